The average Bonchev–Trinajstić information content (AvgIpc) is 3.35. The highest BCUT2D eigenvalue weighted by Crippen LogP contribution is 2.40. The highest BCUT2D eigenvalue weighted by molar-refractivity contribution is 5.92. The number of hydrogen-bond acceptors (Lipinski definition) is 3. The Morgan fingerprint density at radius 3 is 2.41 bits per heavy atom. The second-order valence-electron chi connectivity index (χ2n) is 8.28. The zero-order valence-electron chi connectivity index (χ0n) is 16.7. The number of para-hydroxylation sites is 1. The van der Waals surface area contributed by atoms with Crippen molar-refractivity contribution in [1.29, 1.82) is 0 Å². The maximum absolute atomic E-state index is 13.5. The van der Waals surface area contributed by atoms with Crippen LogP contribution in [0.25, 0.3) is 17.1 Å². The molecule has 2 aliphatic rings. The van der Waals surface area contributed by atoms with Crippen LogP contribution in [0.1, 0.15) is 49.6 Å². The Kier molecular flexibility index (Phi) is 4.66. The lowest BCUT2D eigenvalue weighted by molar-refractivity contribution is 0.0621. The number of fused-ring (bicyclic) bond motifs is 1. The molecular weight excluding hydrogens is 360 g/mol. The van der Waals surface area contributed by atoms with Crippen molar-refractivity contribution in [3.63, 3.8) is 0 Å². The monoisotopic (exact) mass is 386 g/mol. The van der Waals surface area contributed by atoms with E-state index in [1.165, 1.54) is 19.3 Å². The van der Waals surface area contributed by atoms with Crippen molar-refractivity contribution in [1.82, 2.24) is 19.7 Å². The molecule has 3 atom stereocenters. The molecule has 3 unspecified atom stereocenters. The van der Waals surface area contributed by atoms with Gasteiger partial charge in [0.1, 0.15) is 0 Å². The molecule has 2 heterocycles. The molecule has 1 aliphatic heterocycles. The van der Waals surface area contributed by atoms with Gasteiger partial charge in [-0.2, -0.15) is 0 Å². The third-order valence-corrected chi connectivity index (χ3v) is 6.41. The Labute approximate surface area is 171 Å². The van der Waals surface area contributed by atoms with Gasteiger partial charge in [0.2, 0.25) is 5.82 Å². The van der Waals surface area contributed by atoms with Gasteiger partial charge >= 0.3 is 0 Å². The molecule has 0 radical (unpaired) electrons. The van der Waals surface area contributed by atoms with Crippen LogP contribution in [0, 0.1) is 5.92 Å². The van der Waals surface area contributed by atoms with Crippen LogP contribution in [0.15, 0.2) is 60.7 Å². The number of hydrogen-bond donors (Lipinski definition) is 0. The van der Waals surface area contributed by atoms with Crippen LogP contribution < -0.4 is 0 Å². The van der Waals surface area contributed by atoms with Gasteiger partial charge < -0.3 is 4.90 Å². The van der Waals surface area contributed by atoms with E-state index >= 15 is 0 Å². The van der Waals surface area contributed by atoms with Crippen molar-refractivity contribution in [2.45, 2.75) is 51.1 Å². The Hall–Kier alpha value is -2.95. The molecule has 29 heavy (non-hydrogen) atoms. The number of rotatable bonds is 3. The highest BCUT2D eigenvalue weighted by atomic mass is 16.2. The Morgan fingerprint density at radius 1 is 0.966 bits per heavy atom. The Morgan fingerprint density at radius 2 is 1.66 bits per heavy atom. The molecule has 0 bridgehead atoms. The molecule has 1 saturated heterocycles. The molecule has 1 aromatic heterocycles. The second kappa shape index (κ2) is 7.47. The number of benzene rings is 2. The Balaban J connectivity index is 1.56. The zero-order chi connectivity index (χ0) is 19.8. The first-order valence-electron chi connectivity index (χ1n) is 10.6. The summed E-state index contributed by atoms with van der Waals surface area (Å²) in [5.74, 6) is 1.60. The van der Waals surface area contributed by atoms with E-state index in [0.717, 1.165) is 24.1 Å². The summed E-state index contributed by atoms with van der Waals surface area (Å²) in [6.45, 7) is 2.17. The minimum Gasteiger partial charge on any atom is -0.330 e. The van der Waals surface area contributed by atoms with Crippen molar-refractivity contribution >= 4 is 5.91 Å². The molecule has 2 fully saturated rings. The van der Waals surface area contributed by atoms with E-state index in [2.05, 4.69) is 16.9 Å². The van der Waals surface area contributed by atoms with E-state index in [0.29, 0.717) is 23.6 Å². The lowest BCUT2D eigenvalue weighted by Crippen LogP contribution is -2.42. The molecule has 148 valence electrons. The SMILES string of the molecule is CC1CC2CCCCC2N1C(=O)c1nc(-c2ccccc2)n(-c2ccccc2)n1. The molecule has 1 saturated carbocycles. The summed E-state index contributed by atoms with van der Waals surface area (Å²) in [5.41, 5.74) is 1.86. The number of nitrogens with zero attached hydrogens (tertiary/aromatic N) is 4. The minimum absolute atomic E-state index is 0.0289. The summed E-state index contributed by atoms with van der Waals surface area (Å²) in [7, 11) is 0. The van der Waals surface area contributed by atoms with Gasteiger partial charge in [0.25, 0.3) is 5.91 Å². The van der Waals surface area contributed by atoms with Crippen LogP contribution in [0.3, 0.4) is 0 Å². The topological polar surface area (TPSA) is 51.0 Å². The summed E-state index contributed by atoms with van der Waals surface area (Å²) in [5, 5.41) is 4.69. The molecule has 0 spiro atoms. The van der Waals surface area contributed by atoms with Gasteiger partial charge in [0.05, 0.1) is 5.69 Å². The van der Waals surface area contributed by atoms with Gasteiger partial charge in [-0.05, 0) is 44.2 Å². The maximum atomic E-state index is 13.5. The fraction of sp³-hybridized carbons (Fsp3) is 0.375. The predicted octanol–water partition coefficient (Wildman–Crippen LogP) is 4.73. The van der Waals surface area contributed by atoms with Crippen LogP contribution in [-0.4, -0.2) is 37.7 Å². The highest BCUT2D eigenvalue weighted by Gasteiger charge is 2.43. The van der Waals surface area contributed by atoms with Gasteiger partial charge in [0.15, 0.2) is 5.82 Å². The molecule has 2 aromatic carbocycles. The average molecular weight is 386 g/mol. The van der Waals surface area contributed by atoms with Crippen LogP contribution in [0.4, 0.5) is 0 Å². The fourth-order valence-electron chi connectivity index (χ4n) is 5.10. The first kappa shape index (κ1) is 18.1. The van der Waals surface area contributed by atoms with Gasteiger partial charge in [-0.25, -0.2) is 9.67 Å². The summed E-state index contributed by atoms with van der Waals surface area (Å²) in [4.78, 5) is 20.3. The standard InChI is InChI=1S/C24H26N4O/c1-17-16-19-12-8-9-15-21(19)27(17)24(29)22-25-23(18-10-4-2-5-11-18)28(26-22)20-13-6-3-7-14-20/h2-7,10-11,13-14,17,19,21H,8-9,12,15-16H2,1H3. The van der Waals surface area contributed by atoms with Crippen LogP contribution in [0.2, 0.25) is 0 Å². The molecule has 5 rings (SSSR count). The maximum Gasteiger partial charge on any atom is 0.294 e. The molecule has 5 heteroatoms. The van der Waals surface area contributed by atoms with Crippen LogP contribution in [-0.2, 0) is 0 Å². The minimum atomic E-state index is -0.0289. The zero-order valence-corrected chi connectivity index (χ0v) is 16.7. The van der Waals surface area contributed by atoms with Crippen LogP contribution >= 0.6 is 0 Å². The normalized spacial score (nSPS) is 23.8. The summed E-state index contributed by atoms with van der Waals surface area (Å²) in [6, 6.07) is 20.5. The largest absolute Gasteiger partial charge is 0.330 e. The quantitative estimate of drug-likeness (QED) is 0.654. The van der Waals surface area contributed by atoms with Crippen molar-refractivity contribution in [2.75, 3.05) is 0 Å². The van der Waals surface area contributed by atoms with E-state index in [9.17, 15) is 4.79 Å². The number of likely N-dealkylation sites (tertiary alicyclic amines) is 1. The number of aromatic nitrogens is 3. The van der Waals surface area contributed by atoms with Crippen molar-refractivity contribution in [3.8, 4) is 17.1 Å². The molecule has 3 aromatic rings. The van der Waals surface area contributed by atoms with E-state index in [-0.39, 0.29) is 11.9 Å². The first-order valence-corrected chi connectivity index (χ1v) is 10.6. The van der Waals surface area contributed by atoms with Gasteiger partial charge in [-0.3, -0.25) is 4.79 Å². The number of carbonyl (C=O) groups is 1. The van der Waals surface area contributed by atoms with E-state index < -0.39 is 0 Å². The molecule has 1 amide bonds. The predicted molar refractivity (Wildman–Crippen MR) is 113 cm³/mol. The second-order valence-corrected chi connectivity index (χ2v) is 8.28. The van der Waals surface area contributed by atoms with Crippen molar-refractivity contribution < 1.29 is 4.79 Å². The van der Waals surface area contributed by atoms with Crippen molar-refractivity contribution in [3.05, 3.63) is 66.5 Å². The van der Waals surface area contributed by atoms with Crippen molar-refractivity contribution in [2.24, 2.45) is 5.92 Å². The summed E-state index contributed by atoms with van der Waals surface area (Å²) < 4.78 is 1.79. The first-order chi connectivity index (χ1) is 14.2. The lowest BCUT2D eigenvalue weighted by atomic mass is 9.85. The summed E-state index contributed by atoms with van der Waals surface area (Å²) >= 11 is 0. The van der Waals surface area contributed by atoms with Gasteiger partial charge in [-0.15, -0.1) is 5.10 Å². The molecule has 5 nitrogen and oxygen atoms in total. The third-order valence-electron chi connectivity index (χ3n) is 6.41. The lowest BCUT2D eigenvalue weighted by Gasteiger charge is -2.32. The van der Waals surface area contributed by atoms with Gasteiger partial charge in [0, 0.05) is 17.6 Å². The molecular formula is C24H26N4O. The summed E-state index contributed by atoms with van der Waals surface area (Å²) in [6.07, 6.45) is 5.93. The number of carbonyl (C=O) groups excluding carboxylic acids is 1. The molecule has 1 aliphatic carbocycles. The van der Waals surface area contributed by atoms with E-state index in [4.69, 9.17) is 4.98 Å². The van der Waals surface area contributed by atoms with E-state index in [1.807, 2.05) is 60.7 Å². The van der Waals surface area contributed by atoms with Crippen LogP contribution in [0.5, 0.6) is 0 Å². The molecule has 0 N–H and O–H groups in total. The fourth-order valence-corrected chi connectivity index (χ4v) is 5.10. The third kappa shape index (κ3) is 3.24. The van der Waals surface area contributed by atoms with E-state index in [1.54, 1.807) is 4.68 Å². The number of amides is 1. The Bertz CT molecular complexity index is 941. The smallest absolute Gasteiger partial charge is 0.294 e. The van der Waals surface area contributed by atoms with Gasteiger partial charge in [-0.1, -0.05) is 61.4 Å².